The normalized spacial score (nSPS) is 14.9. The summed E-state index contributed by atoms with van der Waals surface area (Å²) in [5.41, 5.74) is 0.798. The van der Waals surface area contributed by atoms with Gasteiger partial charge < -0.3 is 9.80 Å². The lowest BCUT2D eigenvalue weighted by atomic mass is 10.2. The van der Waals surface area contributed by atoms with Crippen LogP contribution in [0.15, 0.2) is 28.7 Å². The molecule has 2 aromatic rings. The Hall–Kier alpha value is -1.33. The first kappa shape index (κ1) is 15.6. The lowest BCUT2D eigenvalue weighted by molar-refractivity contribution is -0.127. The molecule has 116 valence electrons. The van der Waals surface area contributed by atoms with Crippen LogP contribution in [0.1, 0.15) is 12.8 Å². The Labute approximate surface area is 143 Å². The molecule has 1 saturated heterocycles. The van der Waals surface area contributed by atoms with Gasteiger partial charge in [-0.25, -0.2) is 4.98 Å². The molecule has 0 bridgehead atoms. The van der Waals surface area contributed by atoms with Crippen molar-refractivity contribution in [1.29, 1.82) is 0 Å². The van der Waals surface area contributed by atoms with E-state index in [9.17, 15) is 4.79 Å². The van der Waals surface area contributed by atoms with Gasteiger partial charge in [-0.15, -0.1) is 0 Å². The van der Waals surface area contributed by atoms with E-state index in [1.54, 1.807) is 0 Å². The lowest BCUT2D eigenvalue weighted by Gasteiger charge is -2.23. The summed E-state index contributed by atoms with van der Waals surface area (Å²) in [7, 11) is 1.99. The summed E-state index contributed by atoms with van der Waals surface area (Å²) >= 11 is 9.71. The first-order valence-electron chi connectivity index (χ1n) is 7.29. The Balaban J connectivity index is 1.76. The molecule has 2 heterocycles. The Morgan fingerprint density at radius 2 is 2.23 bits per heavy atom. The average Bonchev–Trinajstić information content (AvgIpc) is 2.89. The maximum atomic E-state index is 11.6. The molecule has 1 aromatic carbocycles. The zero-order chi connectivity index (χ0) is 15.7. The van der Waals surface area contributed by atoms with E-state index in [1.807, 2.05) is 36.2 Å². The standard InChI is InChI=1S/C16H17BrClN3O/c1-20(7-8-21-6-2-3-15(21)22)14-5-4-11-9-12(17)10-13(18)16(11)19-14/h4-5,9-10H,2-3,6-8H2,1H3. The maximum absolute atomic E-state index is 11.6. The van der Waals surface area contributed by atoms with Crippen molar-refractivity contribution in [3.63, 3.8) is 0 Å². The number of hydrogen-bond donors (Lipinski definition) is 0. The van der Waals surface area contributed by atoms with Crippen molar-refractivity contribution in [2.24, 2.45) is 0 Å². The second-order valence-corrected chi connectivity index (χ2v) is 6.86. The molecular formula is C16H17BrClN3O. The molecule has 0 aliphatic carbocycles. The van der Waals surface area contributed by atoms with E-state index in [2.05, 4.69) is 25.8 Å². The van der Waals surface area contributed by atoms with Gasteiger partial charge in [0.1, 0.15) is 5.82 Å². The van der Waals surface area contributed by atoms with Crippen LogP contribution >= 0.6 is 27.5 Å². The SMILES string of the molecule is CN(CCN1CCCC1=O)c1ccc2cc(Br)cc(Cl)c2n1. The predicted molar refractivity (Wildman–Crippen MR) is 93.5 cm³/mol. The molecule has 6 heteroatoms. The number of nitrogens with zero attached hydrogens (tertiary/aromatic N) is 3. The van der Waals surface area contributed by atoms with Crippen molar-refractivity contribution < 1.29 is 4.79 Å². The van der Waals surface area contributed by atoms with Crippen molar-refractivity contribution >= 4 is 50.2 Å². The summed E-state index contributed by atoms with van der Waals surface area (Å²) in [5.74, 6) is 1.12. The van der Waals surface area contributed by atoms with Gasteiger partial charge in [0.05, 0.1) is 10.5 Å². The van der Waals surface area contributed by atoms with Crippen LogP contribution in [0, 0.1) is 0 Å². The number of hydrogen-bond acceptors (Lipinski definition) is 3. The van der Waals surface area contributed by atoms with E-state index in [0.29, 0.717) is 11.4 Å². The molecule has 1 fully saturated rings. The molecular weight excluding hydrogens is 366 g/mol. The van der Waals surface area contributed by atoms with Crippen LogP contribution in [0.3, 0.4) is 0 Å². The number of carbonyl (C=O) groups is 1. The minimum absolute atomic E-state index is 0.257. The summed E-state index contributed by atoms with van der Waals surface area (Å²) in [6, 6.07) is 7.85. The van der Waals surface area contributed by atoms with Gasteiger partial charge in [0.15, 0.2) is 0 Å². The number of fused-ring (bicyclic) bond motifs is 1. The number of halogens is 2. The summed E-state index contributed by atoms with van der Waals surface area (Å²) in [5, 5.41) is 1.64. The summed E-state index contributed by atoms with van der Waals surface area (Å²) < 4.78 is 0.945. The van der Waals surface area contributed by atoms with Crippen molar-refractivity contribution in [3.8, 4) is 0 Å². The van der Waals surface area contributed by atoms with Crippen LogP contribution in [-0.2, 0) is 4.79 Å². The van der Waals surface area contributed by atoms with Gasteiger partial charge in [0, 0.05) is 43.0 Å². The van der Waals surface area contributed by atoms with Gasteiger partial charge in [0.25, 0.3) is 0 Å². The maximum Gasteiger partial charge on any atom is 0.222 e. The fourth-order valence-corrected chi connectivity index (χ4v) is 3.56. The number of likely N-dealkylation sites (N-methyl/N-ethyl adjacent to an activating group) is 1. The molecule has 0 saturated carbocycles. The third kappa shape index (κ3) is 3.20. The smallest absolute Gasteiger partial charge is 0.222 e. The van der Waals surface area contributed by atoms with E-state index in [4.69, 9.17) is 11.6 Å². The molecule has 0 spiro atoms. The Morgan fingerprint density at radius 3 is 2.95 bits per heavy atom. The van der Waals surface area contributed by atoms with Gasteiger partial charge in [-0.2, -0.15) is 0 Å². The van der Waals surface area contributed by atoms with E-state index >= 15 is 0 Å². The monoisotopic (exact) mass is 381 g/mol. The Bertz CT molecular complexity index is 722. The first-order valence-corrected chi connectivity index (χ1v) is 8.46. The van der Waals surface area contributed by atoms with E-state index in [0.717, 1.165) is 47.2 Å². The van der Waals surface area contributed by atoms with Gasteiger partial charge >= 0.3 is 0 Å². The number of likely N-dealkylation sites (tertiary alicyclic amines) is 1. The fraction of sp³-hybridized carbons (Fsp3) is 0.375. The zero-order valence-electron chi connectivity index (χ0n) is 12.4. The third-order valence-corrected chi connectivity index (χ3v) is 4.71. The molecule has 3 rings (SSSR count). The second kappa shape index (κ2) is 6.42. The van der Waals surface area contributed by atoms with Crippen LogP contribution in [0.4, 0.5) is 5.82 Å². The zero-order valence-corrected chi connectivity index (χ0v) is 14.7. The molecule has 0 atom stereocenters. The van der Waals surface area contributed by atoms with Crippen LogP contribution < -0.4 is 4.90 Å². The minimum atomic E-state index is 0.257. The van der Waals surface area contributed by atoms with Crippen LogP contribution in [0.5, 0.6) is 0 Å². The molecule has 22 heavy (non-hydrogen) atoms. The molecule has 1 aromatic heterocycles. The highest BCUT2D eigenvalue weighted by atomic mass is 79.9. The van der Waals surface area contributed by atoms with E-state index in [-0.39, 0.29) is 5.91 Å². The quantitative estimate of drug-likeness (QED) is 0.809. The number of amides is 1. The topological polar surface area (TPSA) is 36.4 Å². The van der Waals surface area contributed by atoms with Gasteiger partial charge in [-0.1, -0.05) is 27.5 Å². The van der Waals surface area contributed by atoms with Crippen LogP contribution in [-0.4, -0.2) is 42.5 Å². The second-order valence-electron chi connectivity index (χ2n) is 5.53. The van der Waals surface area contributed by atoms with Crippen molar-refractivity contribution in [2.75, 3.05) is 31.6 Å². The molecule has 4 nitrogen and oxygen atoms in total. The van der Waals surface area contributed by atoms with Crippen LogP contribution in [0.25, 0.3) is 10.9 Å². The van der Waals surface area contributed by atoms with E-state index < -0.39 is 0 Å². The number of anilines is 1. The van der Waals surface area contributed by atoms with Gasteiger partial charge in [-0.05, 0) is 30.7 Å². The lowest BCUT2D eigenvalue weighted by Crippen LogP contribution is -2.34. The van der Waals surface area contributed by atoms with Crippen molar-refractivity contribution in [2.45, 2.75) is 12.8 Å². The number of rotatable bonds is 4. The highest BCUT2D eigenvalue weighted by Crippen LogP contribution is 2.28. The van der Waals surface area contributed by atoms with Crippen LogP contribution in [0.2, 0.25) is 5.02 Å². The van der Waals surface area contributed by atoms with Gasteiger partial charge in [0.2, 0.25) is 5.91 Å². The minimum Gasteiger partial charge on any atom is -0.358 e. The van der Waals surface area contributed by atoms with E-state index in [1.165, 1.54) is 0 Å². The largest absolute Gasteiger partial charge is 0.358 e. The number of carbonyl (C=O) groups excluding carboxylic acids is 1. The van der Waals surface area contributed by atoms with Crippen molar-refractivity contribution in [1.82, 2.24) is 9.88 Å². The summed E-state index contributed by atoms with van der Waals surface area (Å²) in [6.07, 6.45) is 1.66. The summed E-state index contributed by atoms with van der Waals surface area (Å²) in [4.78, 5) is 20.3. The predicted octanol–water partition coefficient (Wildman–Crippen LogP) is 3.71. The molecule has 1 amide bonds. The third-order valence-electron chi connectivity index (χ3n) is 3.96. The molecule has 0 unspecified atom stereocenters. The average molecular weight is 383 g/mol. The number of aromatic nitrogens is 1. The first-order chi connectivity index (χ1) is 10.5. The highest BCUT2D eigenvalue weighted by molar-refractivity contribution is 9.10. The molecule has 0 N–H and O–H groups in total. The number of pyridine rings is 1. The molecule has 1 aliphatic rings. The summed E-state index contributed by atoms with van der Waals surface area (Å²) in [6.45, 7) is 2.37. The Morgan fingerprint density at radius 1 is 1.41 bits per heavy atom. The molecule has 0 radical (unpaired) electrons. The number of benzene rings is 1. The Kier molecular flexibility index (Phi) is 4.54. The van der Waals surface area contributed by atoms with Crippen molar-refractivity contribution in [3.05, 3.63) is 33.8 Å². The molecule has 1 aliphatic heterocycles. The van der Waals surface area contributed by atoms with Gasteiger partial charge in [-0.3, -0.25) is 4.79 Å². The highest BCUT2D eigenvalue weighted by Gasteiger charge is 2.20. The fourth-order valence-electron chi connectivity index (χ4n) is 2.69.